The maximum absolute atomic E-state index is 2.46. The monoisotopic (exact) mass is 286 g/mol. The summed E-state index contributed by atoms with van der Waals surface area (Å²) in [6.07, 6.45) is 4.46. The topological polar surface area (TPSA) is 0 Å². The molecular weight excluding hydrogens is 247 g/mol. The minimum atomic E-state index is 0.224. The minimum Gasteiger partial charge on any atom is -0.106 e. The fourth-order valence-corrected chi connectivity index (χ4v) is 6.23. The van der Waals surface area contributed by atoms with E-state index in [9.17, 15) is 0 Å². The number of hydrogen-bond acceptors (Lipinski definition) is 0. The highest BCUT2D eigenvalue weighted by Gasteiger charge is 2.22. The molecule has 3 atom stereocenters. The lowest BCUT2D eigenvalue weighted by Gasteiger charge is -2.31. The van der Waals surface area contributed by atoms with Crippen LogP contribution in [0.15, 0.2) is 0 Å². The van der Waals surface area contributed by atoms with E-state index in [1.54, 1.807) is 0 Å². The summed E-state index contributed by atoms with van der Waals surface area (Å²) in [5.74, 6) is 5.20. The highest BCUT2D eigenvalue weighted by Crippen LogP contribution is 2.45. The second-order valence-corrected chi connectivity index (χ2v) is 10.3. The van der Waals surface area contributed by atoms with Gasteiger partial charge in [0.1, 0.15) is 0 Å². The van der Waals surface area contributed by atoms with Crippen LogP contribution >= 0.6 is 7.92 Å². The van der Waals surface area contributed by atoms with Crippen molar-refractivity contribution < 1.29 is 0 Å². The third kappa shape index (κ3) is 8.34. The maximum atomic E-state index is 2.46. The van der Waals surface area contributed by atoms with E-state index in [0.717, 1.165) is 35.5 Å². The van der Waals surface area contributed by atoms with Gasteiger partial charge in [0.15, 0.2) is 0 Å². The van der Waals surface area contributed by atoms with Crippen LogP contribution in [0.2, 0.25) is 0 Å². The van der Waals surface area contributed by atoms with Crippen LogP contribution in [0, 0.1) is 35.5 Å². The molecule has 0 nitrogen and oxygen atoms in total. The van der Waals surface area contributed by atoms with Gasteiger partial charge in [-0.15, -0.1) is 7.92 Å². The van der Waals surface area contributed by atoms with Gasteiger partial charge in [0.05, 0.1) is 0 Å². The molecular formula is C18H39P. The molecule has 3 unspecified atom stereocenters. The Hall–Kier alpha value is 0.430. The van der Waals surface area contributed by atoms with Gasteiger partial charge in [-0.1, -0.05) is 62.3 Å². The Kier molecular flexibility index (Phi) is 9.59. The summed E-state index contributed by atoms with van der Waals surface area (Å²) in [5.41, 5.74) is 0. The van der Waals surface area contributed by atoms with Gasteiger partial charge in [-0.2, -0.15) is 0 Å². The van der Waals surface area contributed by atoms with Gasteiger partial charge < -0.3 is 0 Å². The van der Waals surface area contributed by atoms with Crippen LogP contribution in [-0.4, -0.2) is 18.5 Å². The van der Waals surface area contributed by atoms with Crippen molar-refractivity contribution in [3.05, 3.63) is 0 Å². The summed E-state index contributed by atoms with van der Waals surface area (Å²) in [5, 5.41) is 0. The first-order valence-electron chi connectivity index (χ1n) is 8.37. The smallest absolute Gasteiger partial charge is 0.0297 e. The lowest BCUT2D eigenvalue weighted by atomic mass is 10.00. The van der Waals surface area contributed by atoms with Gasteiger partial charge in [-0.25, -0.2) is 0 Å². The summed E-state index contributed by atoms with van der Waals surface area (Å²) >= 11 is 0. The fourth-order valence-electron chi connectivity index (χ4n) is 2.08. The summed E-state index contributed by atoms with van der Waals surface area (Å²) in [4.78, 5) is 0. The molecule has 0 amide bonds. The molecule has 0 fully saturated rings. The van der Waals surface area contributed by atoms with Gasteiger partial charge in [0, 0.05) is 0 Å². The largest absolute Gasteiger partial charge is 0.106 e. The first kappa shape index (κ1) is 19.4. The van der Waals surface area contributed by atoms with Crippen LogP contribution in [0.5, 0.6) is 0 Å². The molecule has 0 rings (SSSR count). The SMILES string of the molecule is CC(C)C(C)CP(CC(C)C(C)C)CC(C)C(C)C. The highest BCUT2D eigenvalue weighted by molar-refractivity contribution is 7.57. The van der Waals surface area contributed by atoms with Crippen LogP contribution in [-0.2, 0) is 0 Å². The van der Waals surface area contributed by atoms with Crippen molar-refractivity contribution in [1.29, 1.82) is 0 Å². The first-order chi connectivity index (χ1) is 8.65. The van der Waals surface area contributed by atoms with E-state index >= 15 is 0 Å². The standard InChI is InChI=1S/C18H39P/c1-13(2)16(7)10-19(11-17(8)14(3)4)12-18(9)15(5)6/h13-18H,10-12H2,1-9H3. The molecule has 19 heavy (non-hydrogen) atoms. The molecule has 0 aromatic carbocycles. The lowest BCUT2D eigenvalue weighted by Crippen LogP contribution is -2.18. The first-order valence-corrected chi connectivity index (χ1v) is 10.3. The van der Waals surface area contributed by atoms with E-state index in [1.165, 1.54) is 18.5 Å². The fraction of sp³-hybridized carbons (Fsp3) is 1.00. The summed E-state index contributed by atoms with van der Waals surface area (Å²) in [6, 6.07) is 0. The molecule has 0 bridgehead atoms. The molecule has 0 aromatic rings. The summed E-state index contributed by atoms with van der Waals surface area (Å²) in [6.45, 7) is 21.7. The predicted octanol–water partition coefficient (Wildman–Crippen LogP) is 6.34. The van der Waals surface area contributed by atoms with Crippen molar-refractivity contribution >= 4 is 7.92 Å². The van der Waals surface area contributed by atoms with Gasteiger partial charge in [-0.05, 0) is 54.0 Å². The van der Waals surface area contributed by atoms with Gasteiger partial charge in [0.2, 0.25) is 0 Å². The van der Waals surface area contributed by atoms with Gasteiger partial charge >= 0.3 is 0 Å². The van der Waals surface area contributed by atoms with Crippen LogP contribution in [0.4, 0.5) is 0 Å². The molecule has 0 N–H and O–H groups in total. The molecule has 0 heterocycles. The van der Waals surface area contributed by atoms with Crippen molar-refractivity contribution in [2.45, 2.75) is 62.3 Å². The second kappa shape index (κ2) is 9.38. The zero-order valence-electron chi connectivity index (χ0n) is 15.0. The number of rotatable bonds is 9. The Labute approximate surface area is 124 Å². The normalized spacial score (nSPS) is 18.9. The average Bonchev–Trinajstić information content (AvgIpc) is 2.27. The molecule has 1 heteroatoms. The average molecular weight is 286 g/mol. The van der Waals surface area contributed by atoms with Crippen molar-refractivity contribution in [3.8, 4) is 0 Å². The van der Waals surface area contributed by atoms with E-state index in [4.69, 9.17) is 0 Å². The highest BCUT2D eigenvalue weighted by atomic mass is 31.1. The molecule has 0 saturated heterocycles. The minimum absolute atomic E-state index is 0.224. The van der Waals surface area contributed by atoms with E-state index in [-0.39, 0.29) is 7.92 Å². The van der Waals surface area contributed by atoms with Gasteiger partial charge in [0.25, 0.3) is 0 Å². The van der Waals surface area contributed by atoms with E-state index in [2.05, 4.69) is 62.3 Å². The van der Waals surface area contributed by atoms with Crippen molar-refractivity contribution in [2.75, 3.05) is 18.5 Å². The Morgan fingerprint density at radius 3 is 0.842 bits per heavy atom. The Bertz CT molecular complexity index is 182. The quantitative estimate of drug-likeness (QED) is 0.433. The van der Waals surface area contributed by atoms with Crippen LogP contribution in [0.3, 0.4) is 0 Å². The molecule has 0 spiro atoms. The third-order valence-electron chi connectivity index (χ3n) is 5.05. The molecule has 116 valence electrons. The van der Waals surface area contributed by atoms with Crippen LogP contribution < -0.4 is 0 Å². The molecule has 0 aliphatic carbocycles. The van der Waals surface area contributed by atoms with Crippen molar-refractivity contribution in [2.24, 2.45) is 35.5 Å². The van der Waals surface area contributed by atoms with Gasteiger partial charge in [-0.3, -0.25) is 0 Å². The lowest BCUT2D eigenvalue weighted by molar-refractivity contribution is 0.438. The Morgan fingerprint density at radius 2 is 0.684 bits per heavy atom. The maximum Gasteiger partial charge on any atom is -0.0297 e. The zero-order valence-corrected chi connectivity index (χ0v) is 15.9. The Balaban J connectivity index is 4.54. The Morgan fingerprint density at radius 1 is 0.474 bits per heavy atom. The van der Waals surface area contributed by atoms with Crippen molar-refractivity contribution in [3.63, 3.8) is 0 Å². The molecule has 0 aliphatic rings. The molecule has 0 aliphatic heterocycles. The zero-order chi connectivity index (χ0) is 15.2. The van der Waals surface area contributed by atoms with Crippen molar-refractivity contribution in [1.82, 2.24) is 0 Å². The third-order valence-corrected chi connectivity index (χ3v) is 8.33. The molecule has 0 aromatic heterocycles. The molecule has 0 saturated carbocycles. The number of hydrogen-bond donors (Lipinski definition) is 0. The van der Waals surface area contributed by atoms with Crippen LogP contribution in [0.1, 0.15) is 62.3 Å². The summed E-state index contributed by atoms with van der Waals surface area (Å²) < 4.78 is 0. The van der Waals surface area contributed by atoms with Crippen LogP contribution in [0.25, 0.3) is 0 Å². The van der Waals surface area contributed by atoms with E-state index < -0.39 is 0 Å². The predicted molar refractivity (Wildman–Crippen MR) is 93.5 cm³/mol. The van der Waals surface area contributed by atoms with E-state index in [0.29, 0.717) is 0 Å². The second-order valence-electron chi connectivity index (χ2n) is 7.88. The summed E-state index contributed by atoms with van der Waals surface area (Å²) in [7, 11) is 0.224. The van der Waals surface area contributed by atoms with E-state index in [1.807, 2.05) is 0 Å². The molecule has 0 radical (unpaired) electrons.